The Bertz CT molecular complexity index is 844. The van der Waals surface area contributed by atoms with E-state index in [9.17, 15) is 31.6 Å². The zero-order valence-corrected chi connectivity index (χ0v) is 13.9. The minimum atomic E-state index is -4.86. The first-order valence-electron chi connectivity index (χ1n) is 7.15. The van der Waals surface area contributed by atoms with Gasteiger partial charge in [0.1, 0.15) is 5.75 Å². The predicted octanol–water partition coefficient (Wildman–Crippen LogP) is 1.19. The summed E-state index contributed by atoms with van der Waals surface area (Å²) in [6.07, 6.45) is 1.10. The number of benzene rings is 1. The van der Waals surface area contributed by atoms with Crippen LogP contribution >= 0.6 is 0 Å². The number of carbonyl (C=O) groups is 3. The van der Waals surface area contributed by atoms with Crippen molar-refractivity contribution < 1.29 is 40.9 Å². The van der Waals surface area contributed by atoms with Crippen molar-refractivity contribution in [3.8, 4) is 0 Å². The Kier molecular flexibility index (Phi) is 5.52. The van der Waals surface area contributed by atoms with Gasteiger partial charge in [0.15, 0.2) is 0 Å². The highest BCUT2D eigenvalue weighted by Gasteiger charge is 2.35. The lowest BCUT2D eigenvalue weighted by Gasteiger charge is -2.15. The summed E-state index contributed by atoms with van der Waals surface area (Å²) in [6.45, 7) is -0.768. The monoisotopic (exact) mass is 389 g/mol. The number of ether oxygens (including phenoxy) is 1. The third kappa shape index (κ3) is 5.17. The maximum Gasteiger partial charge on any atom is 0.338 e. The number of amides is 2. The number of nitrogens with zero attached hydrogens (tertiary/aromatic N) is 1. The number of alkyl halides is 2. The smallest absolute Gasteiger partial charge is 0.338 e. The van der Waals surface area contributed by atoms with E-state index < -0.39 is 52.6 Å². The third-order valence-electron chi connectivity index (χ3n) is 3.27. The van der Waals surface area contributed by atoms with Crippen LogP contribution in [0.4, 0.5) is 14.5 Å². The van der Waals surface area contributed by atoms with Gasteiger partial charge in [-0.1, -0.05) is 0 Å². The number of imide groups is 1. The molecule has 0 spiro atoms. The lowest BCUT2D eigenvalue weighted by atomic mass is 10.2. The van der Waals surface area contributed by atoms with Crippen LogP contribution in [-0.4, -0.2) is 49.0 Å². The molecule has 1 aliphatic heterocycles. The van der Waals surface area contributed by atoms with E-state index >= 15 is 0 Å². The van der Waals surface area contributed by atoms with Gasteiger partial charge in [-0.25, -0.2) is 18.5 Å². The number of rotatable bonds is 7. The van der Waals surface area contributed by atoms with E-state index in [1.807, 2.05) is 0 Å². The Labute approximate surface area is 146 Å². The van der Waals surface area contributed by atoms with Gasteiger partial charge in [0.05, 0.1) is 17.9 Å². The number of halogens is 2. The second-order valence-corrected chi connectivity index (χ2v) is 6.81. The van der Waals surface area contributed by atoms with Crippen molar-refractivity contribution in [3.63, 3.8) is 0 Å². The van der Waals surface area contributed by atoms with E-state index in [2.05, 4.69) is 4.74 Å². The van der Waals surface area contributed by atoms with Crippen molar-refractivity contribution in [2.75, 3.05) is 17.3 Å². The molecule has 1 N–H and O–H groups in total. The van der Waals surface area contributed by atoms with Crippen LogP contribution in [-0.2, 0) is 24.4 Å². The molecule has 26 heavy (non-hydrogen) atoms. The summed E-state index contributed by atoms with van der Waals surface area (Å²) in [6, 6.07) is 5.11. The number of anilines is 1. The minimum Gasteiger partial charge on any atom is -0.462 e. The summed E-state index contributed by atoms with van der Waals surface area (Å²) in [5.41, 5.74) is 0.208. The summed E-state index contributed by atoms with van der Waals surface area (Å²) >= 11 is 0. The van der Waals surface area contributed by atoms with Crippen LogP contribution in [0.3, 0.4) is 0 Å². The molecule has 2 rings (SSSR count). The van der Waals surface area contributed by atoms with Crippen LogP contribution in [0.25, 0.3) is 0 Å². The lowest BCUT2D eigenvalue weighted by Crippen LogP contribution is -2.29. The van der Waals surface area contributed by atoms with Crippen molar-refractivity contribution in [2.24, 2.45) is 0 Å². The van der Waals surface area contributed by atoms with Gasteiger partial charge in [-0.3, -0.25) is 14.1 Å². The van der Waals surface area contributed by atoms with Crippen LogP contribution in [0.1, 0.15) is 16.8 Å². The maximum atomic E-state index is 13.3. The number of carbonyl (C=O) groups excluding carboxylic acids is 3. The largest absolute Gasteiger partial charge is 0.462 e. The Balaban J connectivity index is 1.92. The zero-order valence-electron chi connectivity index (χ0n) is 13.1. The first kappa shape index (κ1) is 19.7. The molecule has 2 amide bonds. The Morgan fingerprint density at radius 3 is 2.15 bits per heavy atom. The summed E-state index contributed by atoms with van der Waals surface area (Å²) in [7, 11) is -4.86. The number of hydrogen-bond donors (Lipinski definition) is 1. The van der Waals surface area contributed by atoms with Crippen LogP contribution in [0.2, 0.25) is 0 Å². The fourth-order valence-electron chi connectivity index (χ4n) is 2.12. The molecular formula is C15H13F2NO7S. The molecule has 8 nitrogen and oxygen atoms in total. The molecule has 140 valence electrons. The summed E-state index contributed by atoms with van der Waals surface area (Å²) < 4.78 is 60.5. The van der Waals surface area contributed by atoms with Crippen molar-refractivity contribution in [3.05, 3.63) is 42.0 Å². The van der Waals surface area contributed by atoms with E-state index in [1.54, 1.807) is 0 Å². The number of esters is 1. The molecule has 1 heterocycles. The maximum absolute atomic E-state index is 13.3. The van der Waals surface area contributed by atoms with Crippen molar-refractivity contribution in [1.29, 1.82) is 0 Å². The van der Waals surface area contributed by atoms with Crippen LogP contribution in [0.15, 0.2) is 36.4 Å². The molecule has 0 radical (unpaired) electrons. The Morgan fingerprint density at radius 1 is 1.12 bits per heavy atom. The number of hydrogen-bond acceptors (Lipinski definition) is 6. The molecule has 1 aromatic rings. The highest BCUT2D eigenvalue weighted by molar-refractivity contribution is 7.85. The quantitative estimate of drug-likeness (QED) is 0.423. The van der Waals surface area contributed by atoms with Crippen molar-refractivity contribution in [2.45, 2.75) is 12.3 Å². The average Bonchev–Trinajstić information content (AvgIpc) is 2.83. The zero-order chi connectivity index (χ0) is 19.5. The fraction of sp³-hybridized carbons (Fsp3) is 0.267. The fourth-order valence-corrected chi connectivity index (χ4v) is 2.79. The molecule has 0 unspecified atom stereocenters. The molecule has 1 aliphatic rings. The van der Waals surface area contributed by atoms with E-state index in [-0.39, 0.29) is 11.3 Å². The molecule has 0 fully saturated rings. The minimum absolute atomic E-state index is 0.0149. The molecule has 0 atom stereocenters. The molecule has 1 aromatic carbocycles. The van der Waals surface area contributed by atoms with Crippen molar-refractivity contribution in [1.82, 2.24) is 0 Å². The van der Waals surface area contributed by atoms with Gasteiger partial charge in [0.2, 0.25) is 0 Å². The second-order valence-electron chi connectivity index (χ2n) is 5.36. The van der Waals surface area contributed by atoms with E-state index in [0.717, 1.165) is 17.1 Å². The molecular weight excluding hydrogens is 376 g/mol. The molecule has 0 saturated carbocycles. The van der Waals surface area contributed by atoms with Gasteiger partial charge in [-0.15, -0.1) is 0 Å². The molecule has 0 saturated heterocycles. The van der Waals surface area contributed by atoms with Crippen LogP contribution < -0.4 is 4.90 Å². The Morgan fingerprint density at radius 2 is 1.65 bits per heavy atom. The van der Waals surface area contributed by atoms with Crippen LogP contribution in [0, 0.1) is 0 Å². The van der Waals surface area contributed by atoms with Gasteiger partial charge in [-0.05, 0) is 24.3 Å². The molecule has 0 aliphatic carbocycles. The molecule has 0 aromatic heterocycles. The van der Waals surface area contributed by atoms with Crippen LogP contribution in [0.5, 0.6) is 0 Å². The normalized spacial score (nSPS) is 14.8. The summed E-state index contributed by atoms with van der Waals surface area (Å²) in [4.78, 5) is 35.7. The standard InChI is InChI=1S/C15H13F2NO7S/c16-15(17,9-26(22,23)24)7-8-25-14(21)10-1-3-11(4-2-10)18-12(19)5-6-13(18)20/h1-6H,7-9H2,(H,22,23,24). The van der Waals surface area contributed by atoms with E-state index in [1.165, 1.54) is 24.3 Å². The van der Waals surface area contributed by atoms with Gasteiger partial charge in [0, 0.05) is 18.6 Å². The van der Waals surface area contributed by atoms with Gasteiger partial charge >= 0.3 is 5.97 Å². The van der Waals surface area contributed by atoms with Crippen molar-refractivity contribution >= 4 is 33.6 Å². The van der Waals surface area contributed by atoms with Gasteiger partial charge in [0.25, 0.3) is 27.9 Å². The first-order chi connectivity index (χ1) is 12.0. The average molecular weight is 389 g/mol. The predicted molar refractivity (Wildman–Crippen MR) is 84.3 cm³/mol. The highest BCUT2D eigenvalue weighted by atomic mass is 32.2. The van der Waals surface area contributed by atoms with E-state index in [4.69, 9.17) is 4.55 Å². The SMILES string of the molecule is O=C(OCCC(F)(F)CS(=O)(=O)O)c1ccc(N2C(=O)C=CC2=O)cc1. The first-order valence-corrected chi connectivity index (χ1v) is 8.76. The third-order valence-corrected chi connectivity index (χ3v) is 4.05. The van der Waals surface area contributed by atoms with E-state index in [0.29, 0.717) is 0 Å². The second kappa shape index (κ2) is 7.30. The molecule has 0 bridgehead atoms. The van der Waals surface area contributed by atoms with Gasteiger partial charge < -0.3 is 4.74 Å². The highest BCUT2D eigenvalue weighted by Crippen LogP contribution is 2.22. The molecule has 11 heteroatoms. The summed E-state index contributed by atoms with van der Waals surface area (Å²) in [5.74, 6) is -7.53. The van der Waals surface area contributed by atoms with Gasteiger partial charge in [-0.2, -0.15) is 8.42 Å². The Hall–Kier alpha value is -2.66. The lowest BCUT2D eigenvalue weighted by molar-refractivity contribution is -0.120. The topological polar surface area (TPSA) is 118 Å². The summed E-state index contributed by atoms with van der Waals surface area (Å²) in [5, 5.41) is 0.